The van der Waals surface area contributed by atoms with Crippen molar-refractivity contribution in [1.82, 2.24) is 4.90 Å². The van der Waals surface area contributed by atoms with Gasteiger partial charge in [-0.3, -0.25) is 4.99 Å². The van der Waals surface area contributed by atoms with E-state index in [0.29, 0.717) is 12.5 Å². The first-order chi connectivity index (χ1) is 9.38. The average molecular weight is 296 g/mol. The molecule has 1 rings (SSSR count). The standard InChI is InChI=1S/C16H26ClN3/c1-5-20(6-2)15(18)19-12-16(3,4)11-13-8-7-9-14(17)10-13/h7-10H,5-6,11-12H2,1-4H3,(H2,18,19). The van der Waals surface area contributed by atoms with E-state index in [1.54, 1.807) is 0 Å². The summed E-state index contributed by atoms with van der Waals surface area (Å²) in [6.07, 6.45) is 0.933. The molecule has 0 aliphatic rings. The van der Waals surface area contributed by atoms with Crippen LogP contribution in [0.15, 0.2) is 29.3 Å². The van der Waals surface area contributed by atoms with Crippen LogP contribution in [0.2, 0.25) is 5.02 Å². The van der Waals surface area contributed by atoms with Crippen molar-refractivity contribution in [2.24, 2.45) is 16.1 Å². The fourth-order valence-corrected chi connectivity index (χ4v) is 2.41. The lowest BCUT2D eigenvalue weighted by molar-refractivity contribution is 0.372. The summed E-state index contributed by atoms with van der Waals surface area (Å²) in [6.45, 7) is 11.1. The molecule has 112 valence electrons. The van der Waals surface area contributed by atoms with E-state index in [1.807, 2.05) is 18.2 Å². The van der Waals surface area contributed by atoms with E-state index in [1.165, 1.54) is 5.56 Å². The van der Waals surface area contributed by atoms with Crippen LogP contribution in [-0.4, -0.2) is 30.5 Å². The Morgan fingerprint density at radius 3 is 2.50 bits per heavy atom. The Kier molecular flexibility index (Phi) is 6.34. The molecule has 0 saturated heterocycles. The Morgan fingerprint density at radius 2 is 1.95 bits per heavy atom. The van der Waals surface area contributed by atoms with E-state index in [2.05, 4.69) is 43.7 Å². The Labute approximate surface area is 127 Å². The second-order valence-corrected chi connectivity index (χ2v) is 6.25. The molecule has 2 N–H and O–H groups in total. The summed E-state index contributed by atoms with van der Waals surface area (Å²) < 4.78 is 0. The third-order valence-corrected chi connectivity index (χ3v) is 3.56. The molecule has 0 amide bonds. The fourth-order valence-electron chi connectivity index (χ4n) is 2.20. The number of benzene rings is 1. The van der Waals surface area contributed by atoms with Crippen LogP contribution in [0.25, 0.3) is 0 Å². The highest BCUT2D eigenvalue weighted by atomic mass is 35.5. The quantitative estimate of drug-likeness (QED) is 0.644. The number of guanidine groups is 1. The van der Waals surface area contributed by atoms with Crippen molar-refractivity contribution in [3.05, 3.63) is 34.9 Å². The van der Waals surface area contributed by atoms with Crippen LogP contribution in [0.4, 0.5) is 0 Å². The Hall–Kier alpha value is -1.22. The predicted molar refractivity (Wildman–Crippen MR) is 88.3 cm³/mol. The van der Waals surface area contributed by atoms with Crippen molar-refractivity contribution in [3.63, 3.8) is 0 Å². The zero-order chi connectivity index (χ0) is 15.2. The number of nitrogens with two attached hydrogens (primary N) is 1. The number of nitrogens with zero attached hydrogens (tertiary/aromatic N) is 2. The maximum absolute atomic E-state index is 6.03. The van der Waals surface area contributed by atoms with Gasteiger partial charge < -0.3 is 10.6 Å². The molecule has 0 radical (unpaired) electrons. The Morgan fingerprint density at radius 1 is 1.30 bits per heavy atom. The highest BCUT2D eigenvalue weighted by Gasteiger charge is 2.19. The summed E-state index contributed by atoms with van der Waals surface area (Å²) in [6, 6.07) is 8.00. The number of halogens is 1. The van der Waals surface area contributed by atoms with Gasteiger partial charge in [0, 0.05) is 24.7 Å². The second kappa shape index (κ2) is 7.53. The number of aliphatic imine (C=N–C) groups is 1. The molecule has 0 fully saturated rings. The maximum Gasteiger partial charge on any atom is 0.191 e. The molecule has 4 heteroatoms. The van der Waals surface area contributed by atoms with Gasteiger partial charge in [-0.2, -0.15) is 0 Å². The van der Waals surface area contributed by atoms with Gasteiger partial charge in [0.1, 0.15) is 0 Å². The smallest absolute Gasteiger partial charge is 0.191 e. The minimum atomic E-state index is 0.0580. The van der Waals surface area contributed by atoms with Gasteiger partial charge >= 0.3 is 0 Å². The van der Waals surface area contributed by atoms with Gasteiger partial charge in [-0.1, -0.05) is 37.6 Å². The van der Waals surface area contributed by atoms with Gasteiger partial charge in [0.25, 0.3) is 0 Å². The Bertz CT molecular complexity index is 451. The van der Waals surface area contributed by atoms with Gasteiger partial charge in [-0.05, 0) is 43.4 Å². The lowest BCUT2D eigenvalue weighted by Gasteiger charge is -2.25. The summed E-state index contributed by atoms with van der Waals surface area (Å²) >= 11 is 6.03. The first kappa shape index (κ1) is 16.8. The zero-order valence-corrected chi connectivity index (χ0v) is 13.7. The van der Waals surface area contributed by atoms with Crippen LogP contribution >= 0.6 is 11.6 Å². The summed E-state index contributed by atoms with van der Waals surface area (Å²) in [4.78, 5) is 6.61. The molecular weight excluding hydrogens is 270 g/mol. The predicted octanol–water partition coefficient (Wildman–Crippen LogP) is 3.57. The third kappa shape index (κ3) is 5.41. The molecule has 0 spiro atoms. The van der Waals surface area contributed by atoms with Gasteiger partial charge in [0.05, 0.1) is 0 Å². The van der Waals surface area contributed by atoms with Gasteiger partial charge in [-0.25, -0.2) is 0 Å². The van der Waals surface area contributed by atoms with Crippen LogP contribution in [-0.2, 0) is 6.42 Å². The number of rotatable bonds is 6. The minimum absolute atomic E-state index is 0.0580. The third-order valence-electron chi connectivity index (χ3n) is 3.33. The molecule has 0 saturated carbocycles. The molecule has 1 aromatic rings. The normalized spacial score (nSPS) is 12.6. The summed E-state index contributed by atoms with van der Waals surface area (Å²) in [7, 11) is 0. The molecular formula is C16H26ClN3. The molecule has 3 nitrogen and oxygen atoms in total. The van der Waals surface area contributed by atoms with Crippen molar-refractivity contribution >= 4 is 17.6 Å². The minimum Gasteiger partial charge on any atom is -0.370 e. The molecule has 0 aliphatic heterocycles. The van der Waals surface area contributed by atoms with E-state index >= 15 is 0 Å². The van der Waals surface area contributed by atoms with Crippen molar-refractivity contribution < 1.29 is 0 Å². The number of hydrogen-bond donors (Lipinski definition) is 1. The molecule has 0 aliphatic carbocycles. The molecule has 20 heavy (non-hydrogen) atoms. The number of hydrogen-bond acceptors (Lipinski definition) is 1. The van der Waals surface area contributed by atoms with Crippen LogP contribution in [0.3, 0.4) is 0 Å². The summed E-state index contributed by atoms with van der Waals surface area (Å²) in [5, 5.41) is 0.782. The van der Waals surface area contributed by atoms with Crippen LogP contribution in [0, 0.1) is 5.41 Å². The molecule has 0 heterocycles. The highest BCUT2D eigenvalue weighted by Crippen LogP contribution is 2.24. The van der Waals surface area contributed by atoms with Crippen molar-refractivity contribution in [1.29, 1.82) is 0 Å². The van der Waals surface area contributed by atoms with Crippen molar-refractivity contribution in [2.45, 2.75) is 34.1 Å². The Balaban J connectivity index is 2.67. The average Bonchev–Trinajstić information content (AvgIpc) is 2.37. The van der Waals surface area contributed by atoms with Crippen molar-refractivity contribution in [2.75, 3.05) is 19.6 Å². The van der Waals surface area contributed by atoms with E-state index in [0.717, 1.165) is 24.5 Å². The maximum atomic E-state index is 6.03. The van der Waals surface area contributed by atoms with Crippen LogP contribution in [0.1, 0.15) is 33.3 Å². The molecule has 1 aromatic carbocycles. The molecule has 0 atom stereocenters. The van der Waals surface area contributed by atoms with E-state index < -0.39 is 0 Å². The van der Waals surface area contributed by atoms with E-state index in [4.69, 9.17) is 17.3 Å². The summed E-state index contributed by atoms with van der Waals surface area (Å²) in [5.41, 5.74) is 7.31. The lowest BCUT2D eigenvalue weighted by Crippen LogP contribution is -2.38. The van der Waals surface area contributed by atoms with Crippen LogP contribution in [0.5, 0.6) is 0 Å². The van der Waals surface area contributed by atoms with Gasteiger partial charge in [0.2, 0.25) is 0 Å². The fraction of sp³-hybridized carbons (Fsp3) is 0.562. The monoisotopic (exact) mass is 295 g/mol. The van der Waals surface area contributed by atoms with E-state index in [9.17, 15) is 0 Å². The molecule has 0 bridgehead atoms. The zero-order valence-electron chi connectivity index (χ0n) is 13.0. The second-order valence-electron chi connectivity index (χ2n) is 5.82. The van der Waals surface area contributed by atoms with Crippen molar-refractivity contribution in [3.8, 4) is 0 Å². The van der Waals surface area contributed by atoms with Gasteiger partial charge in [0.15, 0.2) is 5.96 Å². The van der Waals surface area contributed by atoms with E-state index in [-0.39, 0.29) is 5.41 Å². The first-order valence-corrected chi connectivity index (χ1v) is 7.55. The highest BCUT2D eigenvalue weighted by molar-refractivity contribution is 6.30. The SMILES string of the molecule is CCN(CC)C(N)=NCC(C)(C)Cc1cccc(Cl)c1. The lowest BCUT2D eigenvalue weighted by atomic mass is 9.86. The summed E-state index contributed by atoms with van der Waals surface area (Å²) in [5.74, 6) is 0.633. The first-order valence-electron chi connectivity index (χ1n) is 7.17. The topological polar surface area (TPSA) is 41.6 Å². The van der Waals surface area contributed by atoms with Gasteiger partial charge in [-0.15, -0.1) is 0 Å². The molecule has 0 aromatic heterocycles. The van der Waals surface area contributed by atoms with Crippen LogP contribution < -0.4 is 5.73 Å². The largest absolute Gasteiger partial charge is 0.370 e. The molecule has 0 unspecified atom stereocenters.